The third kappa shape index (κ3) is 4.23. The van der Waals surface area contributed by atoms with Gasteiger partial charge in [-0.25, -0.2) is 8.78 Å². The lowest BCUT2D eigenvalue weighted by Gasteiger charge is -2.17. The summed E-state index contributed by atoms with van der Waals surface area (Å²) >= 11 is 0. The molecular formula is C11H13F4NO2. The quantitative estimate of drug-likeness (QED) is 0.804. The van der Waals surface area contributed by atoms with Crippen LogP contribution < -0.4 is 0 Å². The highest BCUT2D eigenvalue weighted by molar-refractivity contribution is 5.15. The Bertz CT molecular complexity index is 370. The van der Waals surface area contributed by atoms with Gasteiger partial charge in [-0.3, -0.25) is 4.98 Å². The molecule has 1 unspecified atom stereocenters. The molecule has 1 atom stereocenters. The first kappa shape index (κ1) is 14.8. The zero-order chi connectivity index (χ0) is 13.8. The molecular weight excluding hydrogens is 254 g/mol. The third-order valence-corrected chi connectivity index (χ3v) is 2.21. The molecule has 0 spiro atoms. The second-order valence-electron chi connectivity index (χ2n) is 3.83. The molecule has 0 bridgehead atoms. The summed E-state index contributed by atoms with van der Waals surface area (Å²) in [5.41, 5.74) is 1.11. The first-order chi connectivity index (χ1) is 8.33. The molecule has 0 radical (unpaired) electrons. The average molecular weight is 267 g/mol. The minimum Gasteiger partial charge on any atom is -0.386 e. The maximum atomic E-state index is 12.5. The van der Waals surface area contributed by atoms with Crippen molar-refractivity contribution in [3.63, 3.8) is 0 Å². The summed E-state index contributed by atoms with van der Waals surface area (Å²) in [6, 6.07) is 3.19. The molecule has 7 heteroatoms. The van der Waals surface area contributed by atoms with Gasteiger partial charge in [-0.1, -0.05) is 6.07 Å². The number of aryl methyl sites for hydroxylation is 1. The number of aromatic nitrogens is 1. The molecule has 102 valence electrons. The normalized spacial score (nSPS) is 13.9. The van der Waals surface area contributed by atoms with Gasteiger partial charge in [-0.2, -0.15) is 8.78 Å². The van der Waals surface area contributed by atoms with Crippen molar-refractivity contribution in [1.82, 2.24) is 4.98 Å². The SMILES string of the molecule is Cc1ccc(C(O)COCC(F)(F)C(F)F)cn1. The van der Waals surface area contributed by atoms with Gasteiger partial charge in [0, 0.05) is 17.5 Å². The van der Waals surface area contributed by atoms with E-state index in [2.05, 4.69) is 9.72 Å². The van der Waals surface area contributed by atoms with E-state index in [9.17, 15) is 22.7 Å². The Morgan fingerprint density at radius 2 is 2.06 bits per heavy atom. The van der Waals surface area contributed by atoms with Crippen molar-refractivity contribution in [2.75, 3.05) is 13.2 Å². The van der Waals surface area contributed by atoms with E-state index >= 15 is 0 Å². The summed E-state index contributed by atoms with van der Waals surface area (Å²) in [5, 5.41) is 9.55. The number of pyridine rings is 1. The molecule has 1 rings (SSSR count). The fraction of sp³-hybridized carbons (Fsp3) is 0.545. The fourth-order valence-corrected chi connectivity index (χ4v) is 1.14. The molecule has 1 N–H and O–H groups in total. The Balaban J connectivity index is 2.42. The van der Waals surface area contributed by atoms with Crippen molar-refractivity contribution in [2.24, 2.45) is 0 Å². The van der Waals surface area contributed by atoms with Gasteiger partial charge in [0.2, 0.25) is 0 Å². The molecule has 3 nitrogen and oxygen atoms in total. The van der Waals surface area contributed by atoms with Crippen LogP contribution in [0.4, 0.5) is 17.6 Å². The molecule has 0 saturated carbocycles. The highest BCUT2D eigenvalue weighted by Gasteiger charge is 2.41. The molecule has 0 aliphatic heterocycles. The maximum Gasteiger partial charge on any atom is 0.330 e. The lowest BCUT2D eigenvalue weighted by molar-refractivity contribution is -0.170. The van der Waals surface area contributed by atoms with Crippen molar-refractivity contribution >= 4 is 0 Å². The Hall–Kier alpha value is -1.21. The molecule has 1 heterocycles. The first-order valence-corrected chi connectivity index (χ1v) is 5.17. The minimum atomic E-state index is -4.20. The molecule has 0 aliphatic rings. The van der Waals surface area contributed by atoms with Crippen molar-refractivity contribution in [3.8, 4) is 0 Å². The van der Waals surface area contributed by atoms with Crippen LogP contribution in [-0.2, 0) is 4.74 Å². The van der Waals surface area contributed by atoms with Crippen LogP contribution in [0, 0.1) is 6.92 Å². The lowest BCUT2D eigenvalue weighted by atomic mass is 10.1. The zero-order valence-corrected chi connectivity index (χ0v) is 9.62. The van der Waals surface area contributed by atoms with Crippen molar-refractivity contribution in [3.05, 3.63) is 29.6 Å². The molecule has 0 aromatic carbocycles. The molecule has 1 aromatic rings. The van der Waals surface area contributed by atoms with Crippen LogP contribution in [0.15, 0.2) is 18.3 Å². The van der Waals surface area contributed by atoms with E-state index in [1.54, 1.807) is 19.1 Å². The van der Waals surface area contributed by atoms with E-state index in [4.69, 9.17) is 0 Å². The summed E-state index contributed by atoms with van der Waals surface area (Å²) in [6.45, 7) is -0.177. The van der Waals surface area contributed by atoms with Gasteiger partial charge in [0.1, 0.15) is 12.7 Å². The van der Waals surface area contributed by atoms with Crippen LogP contribution in [0.25, 0.3) is 0 Å². The maximum absolute atomic E-state index is 12.5. The fourth-order valence-electron chi connectivity index (χ4n) is 1.14. The first-order valence-electron chi connectivity index (χ1n) is 5.17. The van der Waals surface area contributed by atoms with E-state index in [0.717, 1.165) is 5.69 Å². The van der Waals surface area contributed by atoms with Gasteiger partial charge in [-0.05, 0) is 13.0 Å². The Morgan fingerprint density at radius 3 is 2.56 bits per heavy atom. The molecule has 1 aromatic heterocycles. The van der Waals surface area contributed by atoms with E-state index in [1.165, 1.54) is 6.20 Å². The van der Waals surface area contributed by atoms with Crippen LogP contribution in [0.5, 0.6) is 0 Å². The standard InChI is InChI=1S/C11H13F4NO2/c1-7-2-3-8(4-16-7)9(17)5-18-6-11(14,15)10(12)13/h2-4,9-10,17H,5-6H2,1H3. The smallest absolute Gasteiger partial charge is 0.330 e. The second-order valence-corrected chi connectivity index (χ2v) is 3.83. The second kappa shape index (κ2) is 6.10. The number of ether oxygens (including phenoxy) is 1. The molecule has 0 amide bonds. The molecule has 0 fully saturated rings. The van der Waals surface area contributed by atoms with Crippen LogP contribution >= 0.6 is 0 Å². The number of aliphatic hydroxyl groups is 1. The third-order valence-electron chi connectivity index (χ3n) is 2.21. The largest absolute Gasteiger partial charge is 0.386 e. The van der Waals surface area contributed by atoms with Crippen LogP contribution in [0.3, 0.4) is 0 Å². The Labute approximate surface area is 101 Å². The van der Waals surface area contributed by atoms with Crippen molar-refractivity contribution in [1.29, 1.82) is 0 Å². The number of halogens is 4. The van der Waals surface area contributed by atoms with E-state index in [-0.39, 0.29) is 0 Å². The summed E-state index contributed by atoms with van der Waals surface area (Å²) in [4.78, 5) is 3.90. The highest BCUT2D eigenvalue weighted by Crippen LogP contribution is 2.23. The van der Waals surface area contributed by atoms with Crippen molar-refractivity contribution in [2.45, 2.75) is 25.4 Å². The predicted octanol–water partition coefficient (Wildman–Crippen LogP) is 2.34. The van der Waals surface area contributed by atoms with E-state index in [0.29, 0.717) is 5.56 Å². The van der Waals surface area contributed by atoms with Crippen LogP contribution in [0.1, 0.15) is 17.4 Å². The van der Waals surface area contributed by atoms with Crippen LogP contribution in [0.2, 0.25) is 0 Å². The minimum absolute atomic E-state index is 0.376. The summed E-state index contributed by atoms with van der Waals surface area (Å²) < 4.78 is 53.0. The number of hydrogen-bond donors (Lipinski definition) is 1. The highest BCUT2D eigenvalue weighted by atomic mass is 19.3. The predicted molar refractivity (Wildman–Crippen MR) is 55.7 cm³/mol. The summed E-state index contributed by atoms with van der Waals surface area (Å²) in [5.74, 6) is -4.20. The van der Waals surface area contributed by atoms with Crippen LogP contribution in [-0.4, -0.2) is 35.7 Å². The molecule has 0 aliphatic carbocycles. The van der Waals surface area contributed by atoms with Gasteiger partial charge in [0.05, 0.1) is 6.61 Å². The number of alkyl halides is 4. The zero-order valence-electron chi connectivity index (χ0n) is 9.62. The van der Waals surface area contributed by atoms with Gasteiger partial charge in [0.25, 0.3) is 0 Å². The summed E-state index contributed by atoms with van der Waals surface area (Å²) in [6.07, 6.45) is -3.59. The van der Waals surface area contributed by atoms with Gasteiger partial charge >= 0.3 is 12.3 Å². The Morgan fingerprint density at radius 1 is 1.39 bits per heavy atom. The number of hydrogen-bond acceptors (Lipinski definition) is 3. The van der Waals surface area contributed by atoms with E-state index < -0.39 is 31.7 Å². The monoisotopic (exact) mass is 267 g/mol. The molecule has 0 saturated heterocycles. The number of rotatable bonds is 6. The van der Waals surface area contributed by atoms with Gasteiger partial charge < -0.3 is 9.84 Å². The van der Waals surface area contributed by atoms with Gasteiger partial charge in [0.15, 0.2) is 0 Å². The average Bonchev–Trinajstić information content (AvgIpc) is 2.29. The van der Waals surface area contributed by atoms with E-state index in [1.807, 2.05) is 0 Å². The van der Waals surface area contributed by atoms with Gasteiger partial charge in [-0.15, -0.1) is 0 Å². The number of aliphatic hydroxyl groups excluding tert-OH is 1. The number of nitrogens with zero attached hydrogens (tertiary/aromatic N) is 1. The van der Waals surface area contributed by atoms with Crippen molar-refractivity contribution < 1.29 is 27.4 Å². The lowest BCUT2D eigenvalue weighted by Crippen LogP contribution is -2.33. The topological polar surface area (TPSA) is 42.4 Å². The molecule has 18 heavy (non-hydrogen) atoms. The Kier molecular flexibility index (Phi) is 5.03. The summed E-state index contributed by atoms with van der Waals surface area (Å²) in [7, 11) is 0.